The highest BCUT2D eigenvalue weighted by atomic mass is 32.2. The zero-order valence-corrected chi connectivity index (χ0v) is 28.5. The summed E-state index contributed by atoms with van der Waals surface area (Å²) in [6.45, 7) is 1.63. The van der Waals surface area contributed by atoms with Crippen LogP contribution in [-0.4, -0.2) is 19.1 Å². The summed E-state index contributed by atoms with van der Waals surface area (Å²) >= 11 is 3.61. The SMILES string of the molecule is c1ccc(Cc2cn(Cc3ccccc3)c(SCc3ccc(CSc4nc(Cc5ccccc5)cn4Cc4ccccc4)cc3)n2)cc1. The minimum atomic E-state index is 0.814. The second kappa shape index (κ2) is 15.9. The molecule has 48 heavy (non-hydrogen) atoms. The maximum Gasteiger partial charge on any atom is 0.168 e. The van der Waals surface area contributed by atoms with Gasteiger partial charge in [-0.2, -0.15) is 0 Å². The van der Waals surface area contributed by atoms with Crippen LogP contribution in [0.5, 0.6) is 0 Å². The van der Waals surface area contributed by atoms with Crippen molar-refractivity contribution in [3.05, 3.63) is 203 Å². The Kier molecular flexibility index (Phi) is 10.5. The van der Waals surface area contributed by atoms with E-state index in [1.165, 1.54) is 33.4 Å². The number of nitrogens with zero attached hydrogens (tertiary/aromatic N) is 4. The number of imidazole rings is 2. The van der Waals surface area contributed by atoms with Crippen LogP contribution in [-0.2, 0) is 37.4 Å². The zero-order valence-electron chi connectivity index (χ0n) is 26.9. The lowest BCUT2D eigenvalue weighted by Crippen LogP contribution is -2.00. The van der Waals surface area contributed by atoms with Gasteiger partial charge in [0.05, 0.1) is 11.4 Å². The van der Waals surface area contributed by atoms with Gasteiger partial charge in [0.15, 0.2) is 10.3 Å². The third-order valence-corrected chi connectivity index (χ3v) is 10.3. The lowest BCUT2D eigenvalue weighted by Gasteiger charge is -2.09. The number of hydrogen-bond acceptors (Lipinski definition) is 4. The van der Waals surface area contributed by atoms with Crippen molar-refractivity contribution in [2.24, 2.45) is 0 Å². The van der Waals surface area contributed by atoms with Crippen molar-refractivity contribution in [3.63, 3.8) is 0 Å². The van der Waals surface area contributed by atoms with Crippen LogP contribution in [0.1, 0.15) is 44.8 Å². The molecule has 4 nitrogen and oxygen atoms in total. The molecule has 0 bridgehead atoms. The molecule has 0 N–H and O–H groups in total. The first-order chi connectivity index (χ1) is 23.7. The molecule has 7 aromatic rings. The Balaban J connectivity index is 1.01. The Morgan fingerprint density at radius 3 is 1.06 bits per heavy atom. The van der Waals surface area contributed by atoms with E-state index in [1.807, 2.05) is 0 Å². The smallest absolute Gasteiger partial charge is 0.168 e. The molecule has 0 aliphatic heterocycles. The van der Waals surface area contributed by atoms with E-state index >= 15 is 0 Å². The van der Waals surface area contributed by atoms with E-state index in [9.17, 15) is 0 Å². The molecule has 0 atom stereocenters. The Labute approximate surface area is 291 Å². The van der Waals surface area contributed by atoms with E-state index in [-0.39, 0.29) is 0 Å². The maximum absolute atomic E-state index is 5.08. The van der Waals surface area contributed by atoms with Gasteiger partial charge in [-0.3, -0.25) is 0 Å². The van der Waals surface area contributed by atoms with Crippen LogP contribution in [0.15, 0.2) is 168 Å². The molecule has 0 aliphatic rings. The Hall–Kier alpha value is -4.78. The van der Waals surface area contributed by atoms with Crippen LogP contribution in [0.3, 0.4) is 0 Å². The third kappa shape index (κ3) is 8.77. The third-order valence-electron chi connectivity index (χ3n) is 8.19. The average molecular weight is 663 g/mol. The summed E-state index contributed by atoms with van der Waals surface area (Å²) in [5.41, 5.74) is 9.91. The average Bonchev–Trinajstić information content (AvgIpc) is 3.70. The zero-order chi connectivity index (χ0) is 32.4. The van der Waals surface area contributed by atoms with Gasteiger partial charge in [-0.05, 0) is 33.4 Å². The molecule has 0 spiro atoms. The maximum atomic E-state index is 5.08. The van der Waals surface area contributed by atoms with Gasteiger partial charge >= 0.3 is 0 Å². The van der Waals surface area contributed by atoms with E-state index in [2.05, 4.69) is 167 Å². The number of benzene rings is 5. The van der Waals surface area contributed by atoms with Gasteiger partial charge in [0.2, 0.25) is 0 Å². The number of thioether (sulfide) groups is 2. The van der Waals surface area contributed by atoms with Crippen molar-refractivity contribution in [3.8, 4) is 0 Å². The highest BCUT2D eigenvalue weighted by Crippen LogP contribution is 2.27. The predicted octanol–water partition coefficient (Wildman–Crippen LogP) is 9.94. The summed E-state index contributed by atoms with van der Waals surface area (Å²) in [7, 11) is 0. The van der Waals surface area contributed by atoms with Crippen molar-refractivity contribution >= 4 is 23.5 Å². The Morgan fingerprint density at radius 1 is 0.375 bits per heavy atom. The first-order valence-corrected chi connectivity index (χ1v) is 18.3. The molecular formula is C42H38N4S2. The molecule has 2 aromatic heterocycles. The van der Waals surface area contributed by atoms with Crippen LogP contribution in [0, 0.1) is 0 Å². The van der Waals surface area contributed by atoms with Crippen molar-refractivity contribution in [2.45, 2.75) is 47.7 Å². The van der Waals surface area contributed by atoms with Gasteiger partial charge in [-0.25, -0.2) is 9.97 Å². The Morgan fingerprint density at radius 2 is 0.708 bits per heavy atom. The molecule has 0 amide bonds. The molecule has 2 heterocycles. The molecule has 238 valence electrons. The molecule has 7 rings (SSSR count). The highest BCUT2D eigenvalue weighted by Gasteiger charge is 2.13. The first kappa shape index (κ1) is 31.8. The molecule has 0 aliphatic carbocycles. The normalized spacial score (nSPS) is 11.2. The van der Waals surface area contributed by atoms with E-state index < -0.39 is 0 Å². The van der Waals surface area contributed by atoms with Crippen LogP contribution >= 0.6 is 23.5 Å². The molecule has 0 radical (unpaired) electrons. The lowest BCUT2D eigenvalue weighted by molar-refractivity contribution is 0.708. The molecule has 0 saturated carbocycles. The second-order valence-corrected chi connectivity index (χ2v) is 13.9. The van der Waals surface area contributed by atoms with Gasteiger partial charge < -0.3 is 9.13 Å². The minimum Gasteiger partial charge on any atom is -0.321 e. The van der Waals surface area contributed by atoms with Gasteiger partial charge in [-0.1, -0.05) is 169 Å². The minimum absolute atomic E-state index is 0.814. The second-order valence-electron chi connectivity index (χ2n) is 12.0. The molecule has 0 fully saturated rings. The highest BCUT2D eigenvalue weighted by molar-refractivity contribution is 7.98. The Bertz CT molecular complexity index is 1860. The van der Waals surface area contributed by atoms with Gasteiger partial charge in [0.1, 0.15) is 0 Å². The summed E-state index contributed by atoms with van der Waals surface area (Å²) in [5.74, 6) is 1.74. The number of hydrogen-bond donors (Lipinski definition) is 0. The monoisotopic (exact) mass is 662 g/mol. The standard InChI is InChI=1S/C42H38N4S2/c1-5-13-33(14-6-1)25-39-29-45(27-35-17-9-3-10-18-35)41(43-39)47-31-37-21-23-38(24-22-37)32-48-42-44-40(26-34-15-7-2-8-16-34)30-46(42)28-36-19-11-4-12-20-36/h1-24,29-30H,25-28,31-32H2. The number of rotatable bonds is 14. The molecular weight excluding hydrogens is 625 g/mol. The first-order valence-electron chi connectivity index (χ1n) is 16.3. The summed E-state index contributed by atoms with van der Waals surface area (Å²) in [6.07, 6.45) is 6.10. The molecule has 0 unspecified atom stereocenters. The van der Waals surface area contributed by atoms with E-state index in [4.69, 9.17) is 9.97 Å². The van der Waals surface area contributed by atoms with E-state index in [0.717, 1.165) is 59.1 Å². The summed E-state index contributed by atoms with van der Waals surface area (Å²) in [6, 6.07) is 51.5. The van der Waals surface area contributed by atoms with Crippen molar-refractivity contribution < 1.29 is 0 Å². The molecule has 0 saturated heterocycles. The van der Waals surface area contributed by atoms with Crippen molar-refractivity contribution in [1.29, 1.82) is 0 Å². The van der Waals surface area contributed by atoms with Gasteiger partial charge in [-0.15, -0.1) is 0 Å². The fourth-order valence-electron chi connectivity index (χ4n) is 5.73. The van der Waals surface area contributed by atoms with Crippen LogP contribution in [0.25, 0.3) is 0 Å². The summed E-state index contributed by atoms with van der Waals surface area (Å²) in [4.78, 5) is 10.2. The fourth-order valence-corrected chi connectivity index (χ4v) is 7.63. The van der Waals surface area contributed by atoms with Crippen molar-refractivity contribution in [1.82, 2.24) is 19.1 Å². The predicted molar refractivity (Wildman–Crippen MR) is 200 cm³/mol. The summed E-state index contributed by atoms with van der Waals surface area (Å²) < 4.78 is 4.60. The quantitative estimate of drug-likeness (QED) is 0.109. The topological polar surface area (TPSA) is 35.6 Å². The lowest BCUT2D eigenvalue weighted by atomic mass is 10.1. The van der Waals surface area contributed by atoms with Crippen molar-refractivity contribution in [2.75, 3.05) is 0 Å². The van der Waals surface area contributed by atoms with Crippen LogP contribution in [0.2, 0.25) is 0 Å². The number of aromatic nitrogens is 4. The van der Waals surface area contributed by atoms with Gasteiger partial charge in [0, 0.05) is 49.8 Å². The van der Waals surface area contributed by atoms with E-state index in [1.54, 1.807) is 23.5 Å². The largest absolute Gasteiger partial charge is 0.321 e. The molecule has 5 aromatic carbocycles. The van der Waals surface area contributed by atoms with E-state index in [0.29, 0.717) is 0 Å². The fraction of sp³-hybridized carbons (Fsp3) is 0.143. The van der Waals surface area contributed by atoms with Gasteiger partial charge in [0.25, 0.3) is 0 Å². The van der Waals surface area contributed by atoms with Crippen LogP contribution < -0.4 is 0 Å². The summed E-state index contributed by atoms with van der Waals surface area (Å²) in [5, 5.41) is 2.11. The van der Waals surface area contributed by atoms with Crippen LogP contribution in [0.4, 0.5) is 0 Å². The molecule has 6 heteroatoms.